The van der Waals surface area contributed by atoms with Crippen LogP contribution >= 0.6 is 34.8 Å². The Morgan fingerprint density at radius 2 is 1.50 bits per heavy atom. The molecular weight excluding hydrogens is 491 g/mol. The fourth-order valence-electron chi connectivity index (χ4n) is 3.35. The van der Waals surface area contributed by atoms with Crippen molar-refractivity contribution >= 4 is 64.5 Å². The molecule has 0 spiro atoms. The third kappa shape index (κ3) is 4.98. The first-order valence-corrected chi connectivity index (χ1v) is 10.3. The number of benzene rings is 1. The van der Waals surface area contributed by atoms with E-state index in [-0.39, 0.29) is 17.7 Å². The van der Waals surface area contributed by atoms with E-state index in [1.807, 2.05) is 0 Å². The predicted molar refractivity (Wildman–Crippen MR) is 111 cm³/mol. The number of rotatable bonds is 5. The van der Waals surface area contributed by atoms with Crippen LogP contribution < -0.4 is 0 Å². The molecule has 1 aromatic carbocycles. The first-order chi connectivity index (χ1) is 14.9. The highest BCUT2D eigenvalue weighted by molar-refractivity contribution is 6.76. The van der Waals surface area contributed by atoms with Gasteiger partial charge in [-0.2, -0.15) is 0 Å². The lowest BCUT2D eigenvalue weighted by atomic mass is 10.1. The minimum atomic E-state index is -2.25. The van der Waals surface area contributed by atoms with Crippen LogP contribution in [0.1, 0.15) is 34.6 Å². The summed E-state index contributed by atoms with van der Waals surface area (Å²) in [6, 6.07) is 6.24. The molecule has 10 nitrogen and oxygen atoms in total. The lowest BCUT2D eigenvalue weighted by Crippen LogP contribution is -2.45. The van der Waals surface area contributed by atoms with E-state index >= 15 is 0 Å². The minimum absolute atomic E-state index is 0.210. The Morgan fingerprint density at radius 1 is 1.00 bits per heavy atom. The van der Waals surface area contributed by atoms with E-state index in [0.29, 0.717) is 0 Å². The topological polar surface area (TPSA) is 132 Å². The summed E-state index contributed by atoms with van der Waals surface area (Å²) in [7, 11) is 0. The standard InChI is InChI=1S/C19H17Cl3N2O8/c1-8(25)29-13-12(7-24-15(27)10-5-3-4-6-11(10)16(24)28)31-17(14(13)30-9(2)26)32-18(23)19(20,21)22/h3-6,12-14,17,23H,7H2,1-2H3/t12-,13-,14-,17?/m1/s1. The maximum atomic E-state index is 12.7. The number of hydrogen-bond acceptors (Lipinski definition) is 9. The van der Waals surface area contributed by atoms with Crippen molar-refractivity contribution in [2.75, 3.05) is 6.54 Å². The van der Waals surface area contributed by atoms with Crippen molar-refractivity contribution in [1.82, 2.24) is 4.90 Å². The molecule has 2 heterocycles. The van der Waals surface area contributed by atoms with Crippen LogP contribution in [-0.4, -0.2) is 69.5 Å². The van der Waals surface area contributed by atoms with Crippen LogP contribution in [0.25, 0.3) is 0 Å². The Bertz CT molecular complexity index is 945. The first kappa shape index (κ1) is 24.2. The molecule has 1 N–H and O–H groups in total. The highest BCUT2D eigenvalue weighted by atomic mass is 35.6. The average molecular weight is 508 g/mol. The number of alkyl halides is 3. The third-order valence-electron chi connectivity index (χ3n) is 4.60. The van der Waals surface area contributed by atoms with Crippen LogP contribution in [0, 0.1) is 5.41 Å². The monoisotopic (exact) mass is 506 g/mol. The molecule has 2 aliphatic rings. The molecule has 0 aromatic heterocycles. The second-order valence-electron chi connectivity index (χ2n) is 6.90. The Balaban J connectivity index is 1.88. The summed E-state index contributed by atoms with van der Waals surface area (Å²) in [5, 5.41) is 7.76. The quantitative estimate of drug-likeness (QED) is 0.211. The van der Waals surface area contributed by atoms with Crippen LogP contribution in [0.2, 0.25) is 0 Å². The van der Waals surface area contributed by atoms with E-state index in [2.05, 4.69) is 0 Å². The van der Waals surface area contributed by atoms with E-state index in [4.69, 9.17) is 59.2 Å². The molecule has 3 rings (SSSR count). The number of nitrogens with zero attached hydrogens (tertiary/aromatic N) is 1. The van der Waals surface area contributed by atoms with Crippen LogP contribution in [0.4, 0.5) is 0 Å². The van der Waals surface area contributed by atoms with Crippen molar-refractivity contribution in [1.29, 1.82) is 5.41 Å². The summed E-state index contributed by atoms with van der Waals surface area (Å²) < 4.78 is 19.1. The summed E-state index contributed by atoms with van der Waals surface area (Å²) in [6.45, 7) is 1.85. The van der Waals surface area contributed by atoms with Gasteiger partial charge in [0.05, 0.1) is 17.7 Å². The molecule has 0 saturated carbocycles. The molecule has 4 atom stereocenters. The van der Waals surface area contributed by atoms with Gasteiger partial charge in [0.15, 0.2) is 6.10 Å². The van der Waals surface area contributed by atoms with Gasteiger partial charge in [-0.05, 0) is 12.1 Å². The third-order valence-corrected chi connectivity index (χ3v) is 5.12. The fraction of sp³-hybridized carbons (Fsp3) is 0.421. The molecule has 2 aliphatic heterocycles. The molecule has 172 valence electrons. The number of amides is 2. The number of esters is 2. The molecule has 1 unspecified atom stereocenters. The van der Waals surface area contributed by atoms with E-state index in [0.717, 1.165) is 18.7 Å². The normalized spacial score (nSPS) is 24.8. The molecular formula is C19H17Cl3N2O8. The number of nitrogens with one attached hydrogen (secondary N) is 1. The molecule has 1 fully saturated rings. The molecule has 2 amide bonds. The molecule has 1 saturated heterocycles. The van der Waals surface area contributed by atoms with Crippen molar-refractivity contribution in [2.45, 2.75) is 42.2 Å². The van der Waals surface area contributed by atoms with Crippen molar-refractivity contribution in [2.24, 2.45) is 0 Å². The van der Waals surface area contributed by atoms with Gasteiger partial charge in [0.25, 0.3) is 15.6 Å². The summed E-state index contributed by atoms with van der Waals surface area (Å²) >= 11 is 16.9. The minimum Gasteiger partial charge on any atom is -0.455 e. The summed E-state index contributed by atoms with van der Waals surface area (Å²) in [5.74, 6) is -3.50. The first-order valence-electron chi connectivity index (χ1n) is 9.17. The number of fused-ring (bicyclic) bond motifs is 1. The van der Waals surface area contributed by atoms with Crippen molar-refractivity contribution in [3.63, 3.8) is 0 Å². The number of halogens is 3. The molecule has 13 heteroatoms. The number of carbonyl (C=O) groups is 4. The van der Waals surface area contributed by atoms with Gasteiger partial charge < -0.3 is 18.9 Å². The second-order valence-corrected chi connectivity index (χ2v) is 9.18. The van der Waals surface area contributed by atoms with Crippen LogP contribution in [0.15, 0.2) is 24.3 Å². The van der Waals surface area contributed by atoms with Crippen LogP contribution in [-0.2, 0) is 28.5 Å². The zero-order chi connectivity index (χ0) is 23.8. The van der Waals surface area contributed by atoms with Gasteiger partial charge in [-0.1, -0.05) is 46.9 Å². The van der Waals surface area contributed by atoms with Gasteiger partial charge in [0.1, 0.15) is 6.10 Å². The largest absolute Gasteiger partial charge is 0.455 e. The van der Waals surface area contributed by atoms with Gasteiger partial charge in [-0.3, -0.25) is 29.5 Å². The zero-order valence-electron chi connectivity index (χ0n) is 16.7. The second kappa shape index (κ2) is 9.22. The number of hydrogen-bond donors (Lipinski definition) is 1. The van der Waals surface area contributed by atoms with E-state index < -0.39 is 58.0 Å². The van der Waals surface area contributed by atoms with Crippen molar-refractivity contribution in [3.8, 4) is 0 Å². The van der Waals surface area contributed by atoms with E-state index in [1.165, 1.54) is 12.1 Å². The predicted octanol–water partition coefficient (Wildman–Crippen LogP) is 2.23. The summed E-state index contributed by atoms with van der Waals surface area (Å²) in [5.41, 5.74) is 0.420. The Kier molecular flexibility index (Phi) is 6.99. The Hall–Kier alpha value is -2.40. The number of ether oxygens (including phenoxy) is 4. The molecule has 0 radical (unpaired) electrons. The SMILES string of the molecule is CC(=O)O[C@@H]1[C@@H](CN2C(=O)c3ccccc3C2=O)OC(OC(=N)C(Cl)(Cl)Cl)[C@@H]1OC(C)=O. The maximum absolute atomic E-state index is 12.7. The number of carbonyl (C=O) groups excluding carboxylic acids is 4. The Morgan fingerprint density at radius 3 is 1.97 bits per heavy atom. The van der Waals surface area contributed by atoms with Gasteiger partial charge >= 0.3 is 11.9 Å². The zero-order valence-corrected chi connectivity index (χ0v) is 18.9. The maximum Gasteiger partial charge on any atom is 0.303 e. The smallest absolute Gasteiger partial charge is 0.303 e. The lowest BCUT2D eigenvalue weighted by Gasteiger charge is -2.25. The average Bonchev–Trinajstić information content (AvgIpc) is 3.11. The van der Waals surface area contributed by atoms with Gasteiger partial charge in [-0.15, -0.1) is 0 Å². The van der Waals surface area contributed by atoms with E-state index in [9.17, 15) is 19.2 Å². The highest BCUT2D eigenvalue weighted by Crippen LogP contribution is 2.34. The molecule has 32 heavy (non-hydrogen) atoms. The fourth-order valence-corrected chi connectivity index (χ4v) is 3.49. The summed E-state index contributed by atoms with van der Waals surface area (Å²) in [6.07, 6.45) is -5.34. The highest BCUT2D eigenvalue weighted by Gasteiger charge is 2.53. The molecule has 1 aromatic rings. The molecule has 0 bridgehead atoms. The molecule has 0 aliphatic carbocycles. The van der Waals surface area contributed by atoms with E-state index in [1.54, 1.807) is 12.1 Å². The summed E-state index contributed by atoms with van der Waals surface area (Å²) in [4.78, 5) is 49.7. The van der Waals surface area contributed by atoms with Gasteiger partial charge in [0.2, 0.25) is 18.3 Å². The lowest BCUT2D eigenvalue weighted by molar-refractivity contribution is -0.172. The van der Waals surface area contributed by atoms with Crippen molar-refractivity contribution in [3.05, 3.63) is 35.4 Å². The van der Waals surface area contributed by atoms with Gasteiger partial charge in [0, 0.05) is 13.8 Å². The van der Waals surface area contributed by atoms with Crippen molar-refractivity contribution < 1.29 is 38.1 Å². The number of imide groups is 1. The Labute approximate surface area is 197 Å². The van der Waals surface area contributed by atoms with Gasteiger partial charge in [-0.25, -0.2) is 0 Å². The van der Waals surface area contributed by atoms with Crippen LogP contribution in [0.5, 0.6) is 0 Å². The van der Waals surface area contributed by atoms with Crippen LogP contribution in [0.3, 0.4) is 0 Å².